The van der Waals surface area contributed by atoms with Crippen molar-refractivity contribution in [3.8, 4) is 0 Å². The number of piperidine rings is 1. The first kappa shape index (κ1) is 13.8. The fourth-order valence-corrected chi connectivity index (χ4v) is 3.75. The maximum atomic E-state index is 4.67. The highest BCUT2D eigenvalue weighted by atomic mass is 15.2. The topological polar surface area (TPSA) is 41.1 Å². The lowest BCUT2D eigenvalue weighted by Crippen LogP contribution is -2.47. The molecule has 0 radical (unpaired) electrons. The monoisotopic (exact) mass is 274 g/mol. The highest BCUT2D eigenvalue weighted by Crippen LogP contribution is 2.36. The summed E-state index contributed by atoms with van der Waals surface area (Å²) < 4.78 is 0. The second-order valence-corrected chi connectivity index (χ2v) is 6.09. The molecule has 4 nitrogen and oxygen atoms in total. The van der Waals surface area contributed by atoms with Gasteiger partial charge in [0.1, 0.15) is 5.82 Å². The van der Waals surface area contributed by atoms with Crippen LogP contribution in [0, 0.1) is 5.92 Å². The molecule has 2 heterocycles. The van der Waals surface area contributed by atoms with Crippen LogP contribution in [0.3, 0.4) is 0 Å². The van der Waals surface area contributed by atoms with Crippen LogP contribution in [0.2, 0.25) is 0 Å². The van der Waals surface area contributed by atoms with E-state index < -0.39 is 0 Å². The molecule has 110 valence electrons. The van der Waals surface area contributed by atoms with Crippen LogP contribution in [0.25, 0.3) is 0 Å². The van der Waals surface area contributed by atoms with Crippen molar-refractivity contribution >= 4 is 5.82 Å². The zero-order chi connectivity index (χ0) is 13.8. The second kappa shape index (κ2) is 6.53. The third-order valence-corrected chi connectivity index (χ3v) is 4.79. The standard InChI is InChI=1S/C16H26N4/c1-2-17-10-14-11-19-16(12-18-14)20-9-5-7-13-6-3-4-8-15(13)20/h11-13,15,17H,2-10H2,1H3/t13-,15-/m1/s1. The predicted molar refractivity (Wildman–Crippen MR) is 81.7 cm³/mol. The van der Waals surface area contributed by atoms with E-state index in [0.717, 1.165) is 37.1 Å². The van der Waals surface area contributed by atoms with Crippen molar-refractivity contribution < 1.29 is 0 Å². The van der Waals surface area contributed by atoms with Gasteiger partial charge in [-0.3, -0.25) is 4.98 Å². The average molecular weight is 274 g/mol. The number of rotatable bonds is 4. The Bertz CT molecular complexity index is 415. The van der Waals surface area contributed by atoms with Gasteiger partial charge in [-0.15, -0.1) is 0 Å². The fraction of sp³-hybridized carbons (Fsp3) is 0.750. The lowest BCUT2D eigenvalue weighted by Gasteiger charge is -2.44. The van der Waals surface area contributed by atoms with Crippen LogP contribution in [0.15, 0.2) is 12.4 Å². The van der Waals surface area contributed by atoms with Crippen LogP contribution in [-0.2, 0) is 6.54 Å². The summed E-state index contributed by atoms with van der Waals surface area (Å²) in [4.78, 5) is 11.8. The summed E-state index contributed by atoms with van der Waals surface area (Å²) in [6, 6.07) is 0.714. The molecule has 3 rings (SSSR count). The minimum absolute atomic E-state index is 0.714. The zero-order valence-corrected chi connectivity index (χ0v) is 12.5. The summed E-state index contributed by atoms with van der Waals surface area (Å²) in [5, 5.41) is 3.29. The van der Waals surface area contributed by atoms with E-state index in [1.54, 1.807) is 0 Å². The number of hydrogen-bond donors (Lipinski definition) is 1. The quantitative estimate of drug-likeness (QED) is 0.916. The molecule has 2 atom stereocenters. The van der Waals surface area contributed by atoms with Crippen molar-refractivity contribution in [1.82, 2.24) is 15.3 Å². The minimum Gasteiger partial charge on any atom is -0.352 e. The van der Waals surface area contributed by atoms with Crippen molar-refractivity contribution in [3.63, 3.8) is 0 Å². The van der Waals surface area contributed by atoms with Crippen LogP contribution >= 0.6 is 0 Å². The van der Waals surface area contributed by atoms with Crippen molar-refractivity contribution in [2.75, 3.05) is 18.0 Å². The van der Waals surface area contributed by atoms with E-state index in [9.17, 15) is 0 Å². The third-order valence-electron chi connectivity index (χ3n) is 4.79. The number of fused-ring (bicyclic) bond motifs is 1. The summed E-state index contributed by atoms with van der Waals surface area (Å²) in [7, 11) is 0. The van der Waals surface area contributed by atoms with Gasteiger partial charge in [-0.1, -0.05) is 19.8 Å². The Labute approximate surface area is 122 Å². The first-order valence-corrected chi connectivity index (χ1v) is 8.16. The lowest BCUT2D eigenvalue weighted by molar-refractivity contribution is 0.242. The van der Waals surface area contributed by atoms with Gasteiger partial charge in [-0.2, -0.15) is 0 Å². The normalized spacial score (nSPS) is 26.4. The molecule has 1 saturated heterocycles. The van der Waals surface area contributed by atoms with Gasteiger partial charge in [-0.25, -0.2) is 4.98 Å². The molecule has 2 aliphatic rings. The summed E-state index contributed by atoms with van der Waals surface area (Å²) in [6.45, 7) is 5.05. The largest absolute Gasteiger partial charge is 0.352 e. The van der Waals surface area contributed by atoms with Crippen molar-refractivity contribution in [3.05, 3.63) is 18.1 Å². The van der Waals surface area contributed by atoms with Crippen LogP contribution < -0.4 is 10.2 Å². The first-order valence-electron chi connectivity index (χ1n) is 8.16. The van der Waals surface area contributed by atoms with E-state index in [2.05, 4.69) is 27.1 Å². The molecule has 2 fully saturated rings. The van der Waals surface area contributed by atoms with Crippen molar-refractivity contribution in [1.29, 1.82) is 0 Å². The second-order valence-electron chi connectivity index (χ2n) is 6.09. The van der Waals surface area contributed by atoms with Gasteiger partial charge in [0.05, 0.1) is 18.1 Å². The van der Waals surface area contributed by atoms with Crippen LogP contribution in [-0.4, -0.2) is 29.1 Å². The Morgan fingerprint density at radius 2 is 2.00 bits per heavy atom. The highest BCUT2D eigenvalue weighted by Gasteiger charge is 2.33. The number of anilines is 1. The summed E-state index contributed by atoms with van der Waals surface area (Å²) in [5.41, 5.74) is 1.04. The first-order chi connectivity index (χ1) is 9.88. The van der Waals surface area contributed by atoms with Gasteiger partial charge in [0.15, 0.2) is 0 Å². The molecule has 0 aromatic carbocycles. The molecular formula is C16H26N4. The van der Waals surface area contributed by atoms with Gasteiger partial charge in [0, 0.05) is 19.1 Å². The smallest absolute Gasteiger partial charge is 0.147 e. The molecule has 0 bridgehead atoms. The molecule has 20 heavy (non-hydrogen) atoms. The lowest BCUT2D eigenvalue weighted by atomic mass is 9.78. The van der Waals surface area contributed by atoms with E-state index in [4.69, 9.17) is 0 Å². The molecule has 1 aromatic heterocycles. The van der Waals surface area contributed by atoms with Gasteiger partial charge in [-0.05, 0) is 38.1 Å². The molecule has 0 unspecified atom stereocenters. The predicted octanol–water partition coefficient (Wildman–Crippen LogP) is 2.75. The maximum Gasteiger partial charge on any atom is 0.147 e. The number of hydrogen-bond acceptors (Lipinski definition) is 4. The SMILES string of the molecule is CCNCc1cnc(N2CCC[C@H]3CCCC[C@H]32)cn1. The molecule has 1 N–H and O–H groups in total. The number of nitrogens with zero attached hydrogens (tertiary/aromatic N) is 3. The summed E-state index contributed by atoms with van der Waals surface area (Å²) in [5.74, 6) is 1.97. The van der Waals surface area contributed by atoms with Crippen LogP contribution in [0.5, 0.6) is 0 Å². The van der Waals surface area contributed by atoms with Gasteiger partial charge < -0.3 is 10.2 Å². The summed E-state index contributed by atoms with van der Waals surface area (Å²) >= 11 is 0. The average Bonchev–Trinajstić information content (AvgIpc) is 2.53. The van der Waals surface area contributed by atoms with E-state index in [0.29, 0.717) is 6.04 Å². The Hall–Kier alpha value is -1.16. The van der Waals surface area contributed by atoms with Crippen molar-refractivity contribution in [2.24, 2.45) is 5.92 Å². The molecule has 1 aliphatic heterocycles. The number of nitrogens with one attached hydrogen (secondary N) is 1. The van der Waals surface area contributed by atoms with Crippen LogP contribution in [0.4, 0.5) is 5.82 Å². The van der Waals surface area contributed by atoms with E-state index in [-0.39, 0.29) is 0 Å². The van der Waals surface area contributed by atoms with Gasteiger partial charge >= 0.3 is 0 Å². The van der Waals surface area contributed by atoms with E-state index in [1.165, 1.54) is 38.5 Å². The minimum atomic E-state index is 0.714. The van der Waals surface area contributed by atoms with E-state index in [1.807, 2.05) is 12.4 Å². The third kappa shape index (κ3) is 2.95. The Morgan fingerprint density at radius 1 is 1.15 bits per heavy atom. The summed E-state index contributed by atoms with van der Waals surface area (Å²) in [6.07, 6.45) is 12.2. The molecule has 4 heteroatoms. The Morgan fingerprint density at radius 3 is 2.80 bits per heavy atom. The molecule has 0 spiro atoms. The molecule has 0 amide bonds. The molecule has 1 saturated carbocycles. The molecule has 1 aromatic rings. The van der Waals surface area contributed by atoms with Gasteiger partial charge in [0.25, 0.3) is 0 Å². The molecular weight excluding hydrogens is 248 g/mol. The highest BCUT2D eigenvalue weighted by molar-refractivity contribution is 5.38. The Balaban J connectivity index is 1.70. The van der Waals surface area contributed by atoms with Crippen molar-refractivity contribution in [2.45, 2.75) is 58.0 Å². The van der Waals surface area contributed by atoms with E-state index >= 15 is 0 Å². The fourth-order valence-electron chi connectivity index (χ4n) is 3.75. The van der Waals surface area contributed by atoms with Crippen LogP contribution in [0.1, 0.15) is 51.1 Å². The molecule has 1 aliphatic carbocycles. The maximum absolute atomic E-state index is 4.67. The zero-order valence-electron chi connectivity index (χ0n) is 12.5. The number of aromatic nitrogens is 2. The Kier molecular flexibility index (Phi) is 4.51. The van der Waals surface area contributed by atoms with Gasteiger partial charge in [0.2, 0.25) is 0 Å².